The average molecular weight is 913 g/mol. The fraction of sp³-hybridized carbons (Fsp3) is 0.556. The summed E-state index contributed by atoms with van der Waals surface area (Å²) in [6.45, 7) is 6.91. The van der Waals surface area contributed by atoms with Crippen molar-refractivity contribution in [2.45, 2.75) is 145 Å². The number of unbranched alkanes of at least 4 members (excludes halogenated alkanes) is 10. The SMILES string of the molecule is C=CCO[C@@]12Oc3ccc(Oc4ccc(SC)cc4)cc3[C@H]3[C@H](CCCCO)[C@@H](CCCCO)C=C(C(=NOC)C[C@@H]1N(Cc1ccc(F)cc1)C(=O)CCCCCCCCCCC)[C@H]32. The summed E-state index contributed by atoms with van der Waals surface area (Å²) in [6, 6.07) is 19.8. The van der Waals surface area contributed by atoms with Crippen LogP contribution in [-0.2, 0) is 20.9 Å². The van der Waals surface area contributed by atoms with Crippen LogP contribution in [0.3, 0.4) is 0 Å². The highest BCUT2D eigenvalue weighted by Crippen LogP contribution is 2.62. The molecule has 0 bridgehead atoms. The van der Waals surface area contributed by atoms with Gasteiger partial charge in [0.1, 0.15) is 36.2 Å². The zero-order valence-corrected chi connectivity index (χ0v) is 39.9. The van der Waals surface area contributed by atoms with E-state index in [1.165, 1.54) is 44.2 Å². The number of hydrogen-bond donors (Lipinski definition) is 2. The van der Waals surface area contributed by atoms with E-state index in [0.29, 0.717) is 37.2 Å². The Bertz CT molecular complexity index is 2010. The summed E-state index contributed by atoms with van der Waals surface area (Å²) in [5, 5.41) is 24.7. The highest BCUT2D eigenvalue weighted by molar-refractivity contribution is 7.98. The molecule has 11 heteroatoms. The Balaban J connectivity index is 1.48. The summed E-state index contributed by atoms with van der Waals surface area (Å²) in [5.41, 5.74) is 3.50. The van der Waals surface area contributed by atoms with Gasteiger partial charge in [0.15, 0.2) is 0 Å². The van der Waals surface area contributed by atoms with Gasteiger partial charge in [0.25, 0.3) is 0 Å². The van der Waals surface area contributed by atoms with Crippen LogP contribution in [0, 0.1) is 23.6 Å². The second kappa shape index (κ2) is 25.7. The molecule has 0 unspecified atom stereocenters. The molecule has 65 heavy (non-hydrogen) atoms. The Morgan fingerprint density at radius 3 is 2.25 bits per heavy atom. The highest BCUT2D eigenvalue weighted by Gasteiger charge is 2.65. The van der Waals surface area contributed by atoms with E-state index in [9.17, 15) is 14.6 Å². The minimum absolute atomic E-state index is 0.0209. The van der Waals surface area contributed by atoms with Gasteiger partial charge >= 0.3 is 0 Å². The molecule has 2 N–H and O–H groups in total. The molecule has 0 saturated heterocycles. The third-order valence-electron chi connectivity index (χ3n) is 13.6. The van der Waals surface area contributed by atoms with Crippen molar-refractivity contribution in [3.8, 4) is 17.2 Å². The molecule has 1 saturated carbocycles. The number of rotatable bonds is 28. The van der Waals surface area contributed by atoms with Gasteiger partial charge in [0.2, 0.25) is 11.7 Å². The van der Waals surface area contributed by atoms with Crippen molar-refractivity contribution in [3.63, 3.8) is 0 Å². The van der Waals surface area contributed by atoms with Gasteiger partial charge in [-0.15, -0.1) is 18.3 Å². The van der Waals surface area contributed by atoms with Crippen LogP contribution >= 0.6 is 11.8 Å². The van der Waals surface area contributed by atoms with Crippen molar-refractivity contribution in [1.82, 2.24) is 4.90 Å². The van der Waals surface area contributed by atoms with Crippen LogP contribution in [0.25, 0.3) is 0 Å². The van der Waals surface area contributed by atoms with E-state index in [-0.39, 0.29) is 55.8 Å². The average Bonchev–Trinajstić information content (AvgIpc) is 3.32. The fourth-order valence-corrected chi connectivity index (χ4v) is 10.9. The van der Waals surface area contributed by atoms with Crippen molar-refractivity contribution < 1.29 is 38.4 Å². The summed E-state index contributed by atoms with van der Waals surface area (Å²) in [6.07, 6.45) is 21.7. The van der Waals surface area contributed by atoms with Crippen molar-refractivity contribution in [2.24, 2.45) is 22.9 Å². The van der Waals surface area contributed by atoms with Gasteiger partial charge in [0, 0.05) is 49.0 Å². The smallest absolute Gasteiger partial charge is 0.239 e. The maximum Gasteiger partial charge on any atom is 0.239 e. The fourth-order valence-electron chi connectivity index (χ4n) is 10.5. The number of carbonyl (C=O) groups is 1. The van der Waals surface area contributed by atoms with Crippen molar-refractivity contribution in [2.75, 3.05) is 33.2 Å². The molecule has 1 amide bonds. The third kappa shape index (κ3) is 12.8. The van der Waals surface area contributed by atoms with E-state index in [2.05, 4.69) is 25.6 Å². The number of aliphatic hydroxyl groups is 2. The quantitative estimate of drug-likeness (QED) is 0.0321. The second-order valence-electron chi connectivity index (χ2n) is 18.0. The second-order valence-corrected chi connectivity index (χ2v) is 18.8. The van der Waals surface area contributed by atoms with E-state index in [4.69, 9.17) is 24.2 Å². The Labute approximate surface area is 391 Å². The highest BCUT2D eigenvalue weighted by atomic mass is 32.2. The number of amides is 1. The van der Waals surface area contributed by atoms with Crippen molar-refractivity contribution >= 4 is 23.4 Å². The van der Waals surface area contributed by atoms with Crippen molar-refractivity contribution in [1.29, 1.82) is 0 Å². The number of fused-ring (bicyclic) bond motifs is 2. The monoisotopic (exact) mass is 913 g/mol. The van der Waals surface area contributed by atoms with Crippen molar-refractivity contribution in [3.05, 3.63) is 108 Å². The first kappa shape index (κ1) is 50.3. The number of aliphatic hydroxyl groups excluding tert-OH is 2. The molecule has 9 nitrogen and oxygen atoms in total. The molecule has 6 rings (SSSR count). The lowest BCUT2D eigenvalue weighted by molar-refractivity contribution is -0.258. The van der Waals surface area contributed by atoms with Crippen LogP contribution in [0.5, 0.6) is 17.2 Å². The molecular formula is C54H73FN2O7S. The van der Waals surface area contributed by atoms with E-state index < -0.39 is 17.7 Å². The molecule has 354 valence electrons. The lowest BCUT2D eigenvalue weighted by Gasteiger charge is -2.60. The Morgan fingerprint density at radius 1 is 0.908 bits per heavy atom. The largest absolute Gasteiger partial charge is 0.459 e. The van der Waals surface area contributed by atoms with Crippen LogP contribution in [0.1, 0.15) is 133 Å². The topological polar surface area (TPSA) is 110 Å². The standard InChI is InChI=1S/C54H73FN2O7S/c1-5-7-8-9-10-11-12-13-14-21-51(60)57(38-39-22-24-41(55)25-23-39)50-37-48(56-61-3)46-35-40(19-15-17-32-58)45(20-16-18-33-59)52-47-36-43(63-42-26-29-44(65-4)30-27-42)28-31-49(47)64-54(50,53(46)52)62-34-6-2/h6,22-31,35-36,40,45,50,52-53,58-59H,2,5,7-21,32-34,37-38H2,1,3-4H3/t40-,45+,50-,52+,53+,54+/m0/s1. The van der Waals surface area contributed by atoms with E-state index >= 15 is 4.79 Å². The van der Waals surface area contributed by atoms with Gasteiger partial charge in [-0.2, -0.15) is 0 Å². The lowest BCUT2D eigenvalue weighted by atomic mass is 9.55. The first-order chi connectivity index (χ1) is 31.8. The predicted molar refractivity (Wildman–Crippen MR) is 259 cm³/mol. The van der Waals surface area contributed by atoms with Crippen LogP contribution in [0.4, 0.5) is 4.39 Å². The molecule has 3 aromatic carbocycles. The maximum atomic E-state index is 15.0. The summed E-state index contributed by atoms with van der Waals surface area (Å²) >= 11 is 1.68. The van der Waals surface area contributed by atoms with Crippen LogP contribution in [0.15, 0.2) is 101 Å². The number of nitrogens with zero attached hydrogens (tertiary/aromatic N) is 2. The van der Waals surface area contributed by atoms with Gasteiger partial charge in [-0.05, 0) is 116 Å². The molecule has 1 fully saturated rings. The normalized spacial score (nSPS) is 22.6. The number of carbonyl (C=O) groups excluding carboxylic acids is 1. The Kier molecular flexibility index (Phi) is 19.8. The number of halogens is 1. The van der Waals surface area contributed by atoms with Crippen LogP contribution < -0.4 is 9.47 Å². The Hall–Kier alpha value is -4.16. The molecule has 3 aromatic rings. The number of oxime groups is 1. The number of hydrogen-bond acceptors (Lipinski definition) is 9. The van der Waals surface area contributed by atoms with E-state index in [1.54, 1.807) is 37.1 Å². The van der Waals surface area contributed by atoms with E-state index in [0.717, 1.165) is 84.4 Å². The van der Waals surface area contributed by atoms with Crippen LogP contribution in [0.2, 0.25) is 0 Å². The van der Waals surface area contributed by atoms with Gasteiger partial charge in [0.05, 0.1) is 18.2 Å². The first-order valence-corrected chi connectivity index (χ1v) is 25.5. The van der Waals surface area contributed by atoms with Gasteiger partial charge in [-0.1, -0.05) is 101 Å². The molecule has 0 radical (unpaired) electrons. The zero-order valence-electron chi connectivity index (χ0n) is 39.1. The van der Waals surface area contributed by atoms with Crippen LogP contribution in [-0.4, -0.2) is 71.7 Å². The van der Waals surface area contributed by atoms with Gasteiger partial charge in [-0.25, -0.2) is 4.39 Å². The Morgan fingerprint density at radius 2 is 1.58 bits per heavy atom. The molecule has 1 aliphatic heterocycles. The van der Waals surface area contributed by atoms with Gasteiger partial charge in [-0.3, -0.25) is 4.79 Å². The number of allylic oxidation sites excluding steroid dienone is 1. The summed E-state index contributed by atoms with van der Waals surface area (Å²) in [5.74, 6) is -0.138. The zero-order chi connectivity index (χ0) is 46.0. The minimum Gasteiger partial charge on any atom is -0.459 e. The number of thioether (sulfide) groups is 1. The summed E-state index contributed by atoms with van der Waals surface area (Å²) in [7, 11) is 1.56. The minimum atomic E-state index is -1.39. The lowest BCUT2D eigenvalue weighted by Crippen LogP contribution is -2.70. The molecule has 1 heterocycles. The summed E-state index contributed by atoms with van der Waals surface area (Å²) in [4.78, 5) is 23.7. The molecule has 3 aliphatic rings. The maximum absolute atomic E-state index is 15.0. The molecule has 6 atom stereocenters. The first-order valence-electron chi connectivity index (χ1n) is 24.3. The summed E-state index contributed by atoms with van der Waals surface area (Å²) < 4.78 is 35.5. The number of benzene rings is 3. The van der Waals surface area contributed by atoms with Gasteiger partial charge < -0.3 is 34.2 Å². The predicted octanol–water partition coefficient (Wildman–Crippen LogP) is 12.6. The molecule has 0 spiro atoms. The third-order valence-corrected chi connectivity index (χ3v) is 14.3. The molecule has 0 aromatic heterocycles. The number of ether oxygens (including phenoxy) is 3. The van der Waals surface area contributed by atoms with E-state index in [1.807, 2.05) is 47.6 Å². The molecule has 2 aliphatic carbocycles. The molecular weight excluding hydrogens is 840 g/mol.